The highest BCUT2D eigenvalue weighted by atomic mass is 35.5. The van der Waals surface area contributed by atoms with Gasteiger partial charge in [-0.25, -0.2) is 4.90 Å². The highest BCUT2D eigenvalue weighted by Gasteiger charge is 2.40. The van der Waals surface area contributed by atoms with E-state index in [-0.39, 0.29) is 16.3 Å². The van der Waals surface area contributed by atoms with Crippen molar-refractivity contribution in [3.8, 4) is 5.75 Å². The fourth-order valence-electron chi connectivity index (χ4n) is 3.08. The lowest BCUT2D eigenvalue weighted by atomic mass is 10.2. The molecule has 162 valence electrons. The second-order valence-electron chi connectivity index (χ2n) is 6.69. The molecule has 9 heteroatoms. The molecular weight excluding hydrogens is 491 g/mol. The molecule has 0 fully saturated rings. The van der Waals surface area contributed by atoms with Gasteiger partial charge in [0.2, 0.25) is 0 Å². The average molecular weight is 506 g/mol. The van der Waals surface area contributed by atoms with Gasteiger partial charge in [-0.15, -0.1) is 0 Å². The van der Waals surface area contributed by atoms with Gasteiger partial charge in [-0.1, -0.05) is 52.6 Å². The van der Waals surface area contributed by atoms with E-state index in [1.807, 2.05) is 0 Å². The monoisotopic (exact) mass is 504 g/mol. The van der Waals surface area contributed by atoms with Crippen molar-refractivity contribution in [2.45, 2.75) is 4.90 Å². The van der Waals surface area contributed by atoms with Gasteiger partial charge in [0.15, 0.2) is 0 Å². The van der Waals surface area contributed by atoms with Crippen LogP contribution in [-0.4, -0.2) is 18.9 Å². The van der Waals surface area contributed by atoms with Crippen LogP contribution in [0.4, 0.5) is 11.4 Å². The van der Waals surface area contributed by atoms with Crippen LogP contribution in [-0.2, 0) is 9.59 Å². The molecule has 0 spiro atoms. The summed E-state index contributed by atoms with van der Waals surface area (Å²) in [5, 5.41) is 4.28. The van der Waals surface area contributed by atoms with Crippen molar-refractivity contribution in [3.63, 3.8) is 0 Å². The maximum atomic E-state index is 13.4. The van der Waals surface area contributed by atoms with E-state index in [1.54, 1.807) is 55.6 Å². The first-order valence-electron chi connectivity index (χ1n) is 9.29. The summed E-state index contributed by atoms with van der Waals surface area (Å²) in [7, 11) is 1.55. The normalized spacial score (nSPS) is 13.7. The number of nitrogens with one attached hydrogen (secondary N) is 1. The van der Waals surface area contributed by atoms with E-state index >= 15 is 0 Å². The molecule has 0 saturated heterocycles. The number of nitrogens with zero attached hydrogens (tertiary/aromatic N) is 1. The van der Waals surface area contributed by atoms with Crippen LogP contribution in [0.1, 0.15) is 0 Å². The summed E-state index contributed by atoms with van der Waals surface area (Å²) in [4.78, 5) is 28.8. The Bertz CT molecular complexity index is 1230. The van der Waals surface area contributed by atoms with E-state index in [0.29, 0.717) is 26.5 Å². The lowest BCUT2D eigenvalue weighted by Crippen LogP contribution is -2.32. The van der Waals surface area contributed by atoms with E-state index in [0.717, 1.165) is 9.80 Å². The summed E-state index contributed by atoms with van der Waals surface area (Å²) in [6.07, 6.45) is 0. The third-order valence-corrected chi connectivity index (χ3v) is 6.30. The van der Waals surface area contributed by atoms with Crippen molar-refractivity contribution in [2.24, 2.45) is 0 Å². The SMILES string of the molecule is COc1cccc(NC2=C(Sc3ccc(Cl)cc3)C(=O)N(c3cc(Cl)cc(Cl)c3)C2=O)c1. The van der Waals surface area contributed by atoms with Crippen molar-refractivity contribution >= 4 is 69.8 Å². The Balaban J connectivity index is 1.76. The molecule has 3 aromatic carbocycles. The van der Waals surface area contributed by atoms with Gasteiger partial charge < -0.3 is 10.1 Å². The van der Waals surface area contributed by atoms with Crippen LogP contribution in [0.5, 0.6) is 5.75 Å². The van der Waals surface area contributed by atoms with Crippen LogP contribution >= 0.6 is 46.6 Å². The Hall–Kier alpha value is -2.64. The number of methoxy groups -OCH3 is 1. The Morgan fingerprint density at radius 3 is 2.19 bits per heavy atom. The molecule has 1 aliphatic heterocycles. The predicted octanol–water partition coefficient (Wildman–Crippen LogP) is 6.64. The molecule has 1 heterocycles. The van der Waals surface area contributed by atoms with E-state index in [9.17, 15) is 9.59 Å². The zero-order valence-electron chi connectivity index (χ0n) is 16.6. The maximum absolute atomic E-state index is 13.4. The van der Waals surface area contributed by atoms with Crippen molar-refractivity contribution in [1.82, 2.24) is 0 Å². The Morgan fingerprint density at radius 2 is 1.53 bits per heavy atom. The number of anilines is 2. The van der Waals surface area contributed by atoms with Crippen LogP contribution in [0, 0.1) is 0 Å². The van der Waals surface area contributed by atoms with Gasteiger partial charge in [0, 0.05) is 31.7 Å². The standard InChI is InChI=1S/C23H15Cl3N2O3S/c1-31-18-4-2-3-16(12-18)27-20-21(32-19-7-5-13(24)6-8-19)23(30)28(22(20)29)17-10-14(25)9-15(26)11-17/h2-12,27H,1H3. The number of hydrogen-bond acceptors (Lipinski definition) is 5. The second-order valence-corrected chi connectivity index (χ2v) is 9.08. The zero-order chi connectivity index (χ0) is 22.8. The third-order valence-electron chi connectivity index (χ3n) is 4.52. The lowest BCUT2D eigenvalue weighted by Gasteiger charge is -2.16. The number of halogens is 3. The summed E-state index contributed by atoms with van der Waals surface area (Å²) in [6.45, 7) is 0. The first-order valence-corrected chi connectivity index (χ1v) is 11.2. The highest BCUT2D eigenvalue weighted by molar-refractivity contribution is 8.04. The van der Waals surface area contributed by atoms with Gasteiger partial charge in [-0.2, -0.15) is 0 Å². The van der Waals surface area contributed by atoms with Crippen molar-refractivity contribution in [3.05, 3.63) is 92.4 Å². The molecule has 0 saturated carbocycles. The van der Waals surface area contributed by atoms with E-state index in [4.69, 9.17) is 39.5 Å². The number of rotatable bonds is 6. The molecule has 0 radical (unpaired) electrons. The molecule has 5 nitrogen and oxygen atoms in total. The fourth-order valence-corrected chi connectivity index (χ4v) is 4.65. The molecule has 0 unspecified atom stereocenters. The quantitative estimate of drug-likeness (QED) is 0.380. The summed E-state index contributed by atoms with van der Waals surface area (Å²) < 4.78 is 5.25. The van der Waals surface area contributed by atoms with E-state index in [2.05, 4.69) is 5.32 Å². The molecule has 0 bridgehead atoms. The predicted molar refractivity (Wildman–Crippen MR) is 130 cm³/mol. The van der Waals surface area contributed by atoms with Gasteiger partial charge >= 0.3 is 0 Å². The fraction of sp³-hybridized carbons (Fsp3) is 0.0435. The minimum atomic E-state index is -0.521. The minimum absolute atomic E-state index is 0.138. The van der Waals surface area contributed by atoms with E-state index in [1.165, 1.54) is 30.0 Å². The molecule has 2 amide bonds. The van der Waals surface area contributed by atoms with E-state index < -0.39 is 11.8 Å². The largest absolute Gasteiger partial charge is 0.497 e. The van der Waals surface area contributed by atoms with Crippen molar-refractivity contribution in [1.29, 1.82) is 0 Å². The Morgan fingerprint density at radius 1 is 0.844 bits per heavy atom. The second kappa shape index (κ2) is 9.46. The number of thioether (sulfide) groups is 1. The number of imide groups is 1. The number of ether oxygens (including phenoxy) is 1. The molecular formula is C23H15Cl3N2O3S. The number of hydrogen-bond donors (Lipinski definition) is 1. The Labute approximate surface area is 203 Å². The van der Waals surface area contributed by atoms with Crippen LogP contribution in [0.3, 0.4) is 0 Å². The molecule has 3 aromatic rings. The molecule has 4 rings (SSSR count). The van der Waals surface area contributed by atoms with Gasteiger partial charge in [-0.3, -0.25) is 9.59 Å². The van der Waals surface area contributed by atoms with Crippen molar-refractivity contribution < 1.29 is 14.3 Å². The number of amides is 2. The first kappa shape index (κ1) is 22.6. The summed E-state index contributed by atoms with van der Waals surface area (Å²) in [5.74, 6) is -0.399. The van der Waals surface area contributed by atoms with Crippen molar-refractivity contribution in [2.75, 3.05) is 17.3 Å². The highest BCUT2D eigenvalue weighted by Crippen LogP contribution is 2.39. The number of carbonyl (C=O) groups is 2. The van der Waals surface area contributed by atoms with Gasteiger partial charge in [0.05, 0.1) is 12.8 Å². The molecule has 0 aliphatic carbocycles. The first-order chi connectivity index (χ1) is 15.4. The molecule has 1 N–H and O–H groups in total. The molecule has 0 aromatic heterocycles. The Kier molecular flexibility index (Phi) is 6.67. The molecule has 32 heavy (non-hydrogen) atoms. The van der Waals surface area contributed by atoms with Crippen LogP contribution in [0.2, 0.25) is 15.1 Å². The smallest absolute Gasteiger partial charge is 0.283 e. The average Bonchev–Trinajstić information content (AvgIpc) is 2.98. The maximum Gasteiger partial charge on any atom is 0.283 e. The van der Waals surface area contributed by atoms with Gasteiger partial charge in [0.1, 0.15) is 16.4 Å². The number of carbonyl (C=O) groups excluding carboxylic acids is 2. The van der Waals surface area contributed by atoms with Crippen LogP contribution in [0.25, 0.3) is 0 Å². The minimum Gasteiger partial charge on any atom is -0.497 e. The van der Waals surface area contributed by atoms with Gasteiger partial charge in [-0.05, 0) is 54.6 Å². The topological polar surface area (TPSA) is 58.6 Å². The molecule has 0 atom stereocenters. The summed E-state index contributed by atoms with van der Waals surface area (Å²) in [6, 6.07) is 18.6. The summed E-state index contributed by atoms with van der Waals surface area (Å²) in [5.41, 5.74) is 1.02. The molecule has 1 aliphatic rings. The lowest BCUT2D eigenvalue weighted by molar-refractivity contribution is -0.120. The van der Waals surface area contributed by atoms with Crippen LogP contribution in [0.15, 0.2) is 82.2 Å². The number of benzene rings is 3. The summed E-state index contributed by atoms with van der Waals surface area (Å²) >= 11 is 19.4. The zero-order valence-corrected chi connectivity index (χ0v) is 19.6. The van der Waals surface area contributed by atoms with Gasteiger partial charge in [0.25, 0.3) is 11.8 Å². The van der Waals surface area contributed by atoms with Crippen LogP contribution < -0.4 is 15.0 Å². The third kappa shape index (κ3) is 4.74.